The average Bonchev–Trinajstić information content (AvgIpc) is 3.27. The lowest BCUT2D eigenvalue weighted by molar-refractivity contribution is 0.885. The largest absolute Gasteiger partial charge is 0.377 e. The normalized spacial score (nSPS) is 13.1. The highest BCUT2D eigenvalue weighted by molar-refractivity contribution is 5.97. The zero-order chi connectivity index (χ0) is 20.5. The summed E-state index contributed by atoms with van der Waals surface area (Å²) >= 11 is 0. The van der Waals surface area contributed by atoms with E-state index in [4.69, 9.17) is 0 Å². The number of hydrogen-bond donors (Lipinski definition) is 1. The summed E-state index contributed by atoms with van der Waals surface area (Å²) in [5, 5.41) is 14.2. The number of anilines is 1. The molecule has 1 unspecified atom stereocenters. The second-order valence-corrected chi connectivity index (χ2v) is 7.40. The Morgan fingerprint density at radius 1 is 1.00 bits per heavy atom. The van der Waals surface area contributed by atoms with Crippen molar-refractivity contribution < 1.29 is 0 Å². The van der Waals surface area contributed by atoms with Crippen molar-refractivity contribution in [3.63, 3.8) is 0 Å². The van der Waals surface area contributed by atoms with Gasteiger partial charge in [-0.15, -0.1) is 0 Å². The van der Waals surface area contributed by atoms with Crippen LogP contribution in [0.4, 0.5) is 5.69 Å². The van der Waals surface area contributed by atoms with Crippen molar-refractivity contribution in [1.29, 1.82) is 5.26 Å². The van der Waals surface area contributed by atoms with E-state index in [9.17, 15) is 5.26 Å². The van der Waals surface area contributed by atoms with E-state index in [1.54, 1.807) is 6.20 Å². The van der Waals surface area contributed by atoms with E-state index >= 15 is 0 Å². The second kappa shape index (κ2) is 7.41. The Balaban J connectivity index is 1.61. The summed E-state index contributed by atoms with van der Waals surface area (Å²) in [6.45, 7) is 2.74. The van der Waals surface area contributed by atoms with Gasteiger partial charge in [0.15, 0.2) is 0 Å². The number of nitrogens with zero attached hydrogens (tertiary/aromatic N) is 4. The van der Waals surface area contributed by atoms with Crippen molar-refractivity contribution in [3.8, 4) is 17.2 Å². The van der Waals surface area contributed by atoms with Crippen LogP contribution in [0.5, 0.6) is 0 Å². The topological polar surface area (TPSA) is 74.0 Å². The maximum atomic E-state index is 9.70. The van der Waals surface area contributed by atoms with Gasteiger partial charge >= 0.3 is 0 Å². The molecular formula is C25H19N5. The van der Waals surface area contributed by atoms with Crippen molar-refractivity contribution in [2.75, 3.05) is 5.32 Å². The Hall–Kier alpha value is -4.04. The number of aliphatic imine (C=N–C) groups is 1. The highest BCUT2D eigenvalue weighted by Gasteiger charge is 2.15. The summed E-state index contributed by atoms with van der Waals surface area (Å²) in [7, 11) is 0. The minimum absolute atomic E-state index is 0.0467. The summed E-state index contributed by atoms with van der Waals surface area (Å²) in [5.74, 6) is 0. The monoisotopic (exact) mass is 389 g/mol. The molecular weight excluding hydrogens is 370 g/mol. The number of pyridine rings is 2. The molecule has 0 fully saturated rings. The van der Waals surface area contributed by atoms with Crippen molar-refractivity contribution in [3.05, 3.63) is 89.4 Å². The fraction of sp³-hybridized carbons (Fsp3) is 0.120. The summed E-state index contributed by atoms with van der Waals surface area (Å²) < 4.78 is 0. The smallest absolute Gasteiger partial charge is 0.103 e. The SMILES string of the molecule is CC(Nc1c(C#N)cnc2ccc(-c3cnc4c(c3)C=NC4)cc12)c1ccccc1. The molecule has 2 aromatic carbocycles. The molecule has 0 spiro atoms. The lowest BCUT2D eigenvalue weighted by atomic mass is 10.0. The standard InChI is InChI=1S/C25H19N5/c1-16(17-5-3-2-4-6-17)30-25-21(11-26)14-28-23-8-7-18(10-22(23)25)19-9-20-12-27-15-24(20)29-13-19/h2-10,12-14,16H,15H2,1H3,(H,28,30). The molecule has 0 aliphatic carbocycles. The third-order valence-electron chi connectivity index (χ3n) is 5.46. The Bertz CT molecular complexity index is 1320. The van der Waals surface area contributed by atoms with E-state index in [0.29, 0.717) is 12.1 Å². The van der Waals surface area contributed by atoms with E-state index in [0.717, 1.165) is 44.5 Å². The molecule has 0 radical (unpaired) electrons. The van der Waals surface area contributed by atoms with Crippen LogP contribution in [0.1, 0.15) is 35.3 Å². The molecule has 0 saturated carbocycles. The molecule has 4 aromatic rings. The zero-order valence-corrected chi connectivity index (χ0v) is 16.5. The van der Waals surface area contributed by atoms with Gasteiger partial charge in [-0.3, -0.25) is 15.0 Å². The summed E-state index contributed by atoms with van der Waals surface area (Å²) in [5.41, 5.74) is 7.46. The van der Waals surface area contributed by atoms with E-state index in [1.165, 1.54) is 0 Å². The van der Waals surface area contributed by atoms with Crippen LogP contribution in [-0.2, 0) is 6.54 Å². The number of benzene rings is 2. The fourth-order valence-corrected chi connectivity index (χ4v) is 3.80. The molecule has 0 amide bonds. The van der Waals surface area contributed by atoms with Crippen LogP contribution < -0.4 is 5.32 Å². The van der Waals surface area contributed by atoms with Gasteiger partial charge in [0, 0.05) is 41.2 Å². The molecule has 5 nitrogen and oxygen atoms in total. The summed E-state index contributed by atoms with van der Waals surface area (Å²) in [4.78, 5) is 13.3. The molecule has 0 bridgehead atoms. The van der Waals surface area contributed by atoms with Gasteiger partial charge in [-0.25, -0.2) is 0 Å². The van der Waals surface area contributed by atoms with Crippen LogP contribution in [-0.4, -0.2) is 16.2 Å². The Labute approximate surface area is 174 Å². The lowest BCUT2D eigenvalue weighted by Gasteiger charge is -2.18. The van der Waals surface area contributed by atoms with Crippen molar-refractivity contribution in [2.45, 2.75) is 19.5 Å². The molecule has 3 heterocycles. The molecule has 1 N–H and O–H groups in total. The van der Waals surface area contributed by atoms with E-state index in [1.807, 2.05) is 42.7 Å². The number of nitrogens with one attached hydrogen (secondary N) is 1. The predicted molar refractivity (Wildman–Crippen MR) is 119 cm³/mol. The number of nitriles is 1. The van der Waals surface area contributed by atoms with Crippen LogP contribution >= 0.6 is 0 Å². The molecule has 5 rings (SSSR count). The third-order valence-corrected chi connectivity index (χ3v) is 5.46. The van der Waals surface area contributed by atoms with Crippen LogP contribution in [0.2, 0.25) is 0 Å². The highest BCUT2D eigenvalue weighted by atomic mass is 14.9. The van der Waals surface area contributed by atoms with Crippen molar-refractivity contribution >= 4 is 22.8 Å². The van der Waals surface area contributed by atoms with Crippen molar-refractivity contribution in [1.82, 2.24) is 9.97 Å². The van der Waals surface area contributed by atoms with Crippen LogP contribution in [0.25, 0.3) is 22.0 Å². The van der Waals surface area contributed by atoms with Crippen molar-refractivity contribution in [2.24, 2.45) is 4.99 Å². The molecule has 144 valence electrons. The van der Waals surface area contributed by atoms with Crippen LogP contribution in [0, 0.1) is 11.3 Å². The first-order valence-corrected chi connectivity index (χ1v) is 9.86. The number of rotatable bonds is 4. The van der Waals surface area contributed by atoms with Crippen LogP contribution in [0.3, 0.4) is 0 Å². The highest BCUT2D eigenvalue weighted by Crippen LogP contribution is 2.33. The first-order valence-electron chi connectivity index (χ1n) is 9.86. The first kappa shape index (κ1) is 18.0. The number of aromatic nitrogens is 2. The van der Waals surface area contributed by atoms with E-state index in [2.05, 4.69) is 57.5 Å². The summed E-state index contributed by atoms with van der Waals surface area (Å²) in [6.07, 6.45) is 5.39. The minimum atomic E-state index is 0.0467. The van der Waals surface area contributed by atoms with E-state index in [-0.39, 0.29) is 6.04 Å². The summed E-state index contributed by atoms with van der Waals surface area (Å²) in [6, 6.07) is 20.8. The molecule has 1 atom stereocenters. The second-order valence-electron chi connectivity index (χ2n) is 7.40. The van der Waals surface area contributed by atoms with Crippen LogP contribution in [0.15, 0.2) is 72.0 Å². The van der Waals surface area contributed by atoms with Gasteiger partial charge in [0.2, 0.25) is 0 Å². The molecule has 5 heteroatoms. The molecule has 0 saturated heterocycles. The minimum Gasteiger partial charge on any atom is -0.377 e. The molecule has 2 aromatic heterocycles. The fourth-order valence-electron chi connectivity index (χ4n) is 3.80. The number of fused-ring (bicyclic) bond motifs is 2. The zero-order valence-electron chi connectivity index (χ0n) is 16.5. The van der Waals surface area contributed by atoms with Gasteiger partial charge in [-0.2, -0.15) is 5.26 Å². The molecule has 30 heavy (non-hydrogen) atoms. The van der Waals surface area contributed by atoms with Gasteiger partial charge in [0.05, 0.1) is 29.0 Å². The van der Waals surface area contributed by atoms with Gasteiger partial charge in [0.25, 0.3) is 0 Å². The van der Waals surface area contributed by atoms with Gasteiger partial charge in [0.1, 0.15) is 6.07 Å². The molecule has 1 aliphatic heterocycles. The maximum Gasteiger partial charge on any atom is 0.103 e. The van der Waals surface area contributed by atoms with E-state index < -0.39 is 0 Å². The maximum absolute atomic E-state index is 9.70. The lowest BCUT2D eigenvalue weighted by Crippen LogP contribution is -2.08. The Morgan fingerprint density at radius 2 is 1.87 bits per heavy atom. The quantitative estimate of drug-likeness (QED) is 0.516. The predicted octanol–water partition coefficient (Wildman–Crippen LogP) is 5.27. The Morgan fingerprint density at radius 3 is 2.70 bits per heavy atom. The number of hydrogen-bond acceptors (Lipinski definition) is 5. The first-order chi connectivity index (χ1) is 14.7. The van der Waals surface area contributed by atoms with Gasteiger partial charge < -0.3 is 5.32 Å². The van der Waals surface area contributed by atoms with Gasteiger partial charge in [-0.05, 0) is 36.2 Å². The molecule has 1 aliphatic rings. The third kappa shape index (κ3) is 3.19. The average molecular weight is 389 g/mol. The Kier molecular flexibility index (Phi) is 4.45. The van der Waals surface area contributed by atoms with Gasteiger partial charge in [-0.1, -0.05) is 36.4 Å².